The summed E-state index contributed by atoms with van der Waals surface area (Å²) in [6.07, 6.45) is 1.62. The fourth-order valence-electron chi connectivity index (χ4n) is 2.64. The van der Waals surface area contributed by atoms with Crippen molar-refractivity contribution >= 4 is 23.1 Å². The van der Waals surface area contributed by atoms with E-state index >= 15 is 0 Å². The van der Waals surface area contributed by atoms with E-state index < -0.39 is 0 Å². The molecule has 8 heteroatoms. The van der Waals surface area contributed by atoms with Crippen molar-refractivity contribution in [1.82, 2.24) is 9.97 Å². The van der Waals surface area contributed by atoms with E-state index in [0.717, 1.165) is 16.6 Å². The number of hydrazone groups is 1. The van der Waals surface area contributed by atoms with Gasteiger partial charge in [-0.15, -0.1) is 0 Å². The molecule has 28 heavy (non-hydrogen) atoms. The van der Waals surface area contributed by atoms with Crippen LogP contribution in [0.5, 0.6) is 23.1 Å². The Morgan fingerprint density at radius 1 is 0.964 bits per heavy atom. The zero-order chi connectivity index (χ0) is 19.9. The minimum absolute atomic E-state index is 0.392. The number of anilines is 1. The average molecular weight is 382 g/mol. The number of nitrogens with one attached hydrogen (secondary N) is 1. The summed E-state index contributed by atoms with van der Waals surface area (Å²) >= 11 is 0. The first kappa shape index (κ1) is 19.2. The summed E-state index contributed by atoms with van der Waals surface area (Å²) in [5, 5.41) is 4.26. The van der Waals surface area contributed by atoms with E-state index in [9.17, 15) is 0 Å². The van der Waals surface area contributed by atoms with E-state index in [1.807, 2.05) is 31.2 Å². The number of benzene rings is 2. The van der Waals surface area contributed by atoms with Crippen molar-refractivity contribution < 1.29 is 18.9 Å². The van der Waals surface area contributed by atoms with Crippen molar-refractivity contribution in [3.05, 3.63) is 42.0 Å². The number of hydrogen-bond donors (Lipinski definition) is 1. The van der Waals surface area contributed by atoms with Crippen LogP contribution < -0.4 is 24.4 Å². The van der Waals surface area contributed by atoms with Gasteiger partial charge < -0.3 is 18.9 Å². The Bertz CT molecular complexity index is 966. The molecule has 0 aliphatic rings. The zero-order valence-corrected chi connectivity index (χ0v) is 16.2. The van der Waals surface area contributed by atoms with Crippen LogP contribution in [0.15, 0.2) is 41.5 Å². The number of aromatic nitrogens is 2. The lowest BCUT2D eigenvalue weighted by atomic mass is 10.2. The molecule has 0 fully saturated rings. The Morgan fingerprint density at radius 3 is 2.18 bits per heavy atom. The lowest BCUT2D eigenvalue weighted by Crippen LogP contribution is -2.03. The summed E-state index contributed by atoms with van der Waals surface area (Å²) in [6.45, 7) is 2.36. The molecule has 3 aromatic rings. The first-order valence-corrected chi connectivity index (χ1v) is 8.68. The minimum Gasteiger partial charge on any atom is -0.493 e. The second kappa shape index (κ2) is 8.90. The van der Waals surface area contributed by atoms with Gasteiger partial charge in [-0.2, -0.15) is 5.10 Å². The van der Waals surface area contributed by atoms with Crippen LogP contribution in [0.4, 0.5) is 5.82 Å². The number of hydrogen-bond acceptors (Lipinski definition) is 8. The topological polar surface area (TPSA) is 87.1 Å². The average Bonchev–Trinajstić information content (AvgIpc) is 2.73. The van der Waals surface area contributed by atoms with Gasteiger partial charge in [0, 0.05) is 5.56 Å². The van der Waals surface area contributed by atoms with Crippen LogP contribution in [0.1, 0.15) is 12.5 Å². The van der Waals surface area contributed by atoms with Gasteiger partial charge in [0.05, 0.1) is 45.2 Å². The lowest BCUT2D eigenvalue weighted by molar-refractivity contribution is 0.324. The van der Waals surface area contributed by atoms with Crippen molar-refractivity contribution in [2.75, 3.05) is 33.4 Å². The molecule has 0 atom stereocenters. The van der Waals surface area contributed by atoms with Crippen LogP contribution in [0.25, 0.3) is 11.0 Å². The highest BCUT2D eigenvalue weighted by Gasteiger charge is 2.13. The molecule has 2 aromatic carbocycles. The van der Waals surface area contributed by atoms with E-state index in [1.54, 1.807) is 39.7 Å². The minimum atomic E-state index is 0.392. The predicted molar refractivity (Wildman–Crippen MR) is 108 cm³/mol. The highest BCUT2D eigenvalue weighted by Crippen LogP contribution is 2.37. The molecule has 0 radical (unpaired) electrons. The standard InChI is InChI=1S/C20H22N4O4/c1-5-28-20-19(22-14-8-6-7-9-15(14)23-20)24-21-12-13-10-16(25-2)18(27-4)17(11-13)26-3/h6-12H,5H2,1-4H3,(H,22,24)/b21-12+. The molecule has 0 amide bonds. The van der Waals surface area contributed by atoms with Gasteiger partial charge in [0.2, 0.25) is 11.6 Å². The van der Waals surface area contributed by atoms with Gasteiger partial charge >= 0.3 is 0 Å². The number of methoxy groups -OCH3 is 3. The van der Waals surface area contributed by atoms with Gasteiger partial charge in [-0.1, -0.05) is 12.1 Å². The smallest absolute Gasteiger partial charge is 0.259 e. The van der Waals surface area contributed by atoms with Crippen LogP contribution in [0.3, 0.4) is 0 Å². The van der Waals surface area contributed by atoms with Crippen molar-refractivity contribution in [2.24, 2.45) is 5.10 Å². The Labute approximate surface area is 163 Å². The van der Waals surface area contributed by atoms with E-state index in [0.29, 0.717) is 35.6 Å². The van der Waals surface area contributed by atoms with Gasteiger partial charge in [0.1, 0.15) is 0 Å². The highest BCUT2D eigenvalue weighted by molar-refractivity contribution is 5.83. The Kier molecular flexibility index (Phi) is 6.11. The summed E-state index contributed by atoms with van der Waals surface area (Å²) in [5.41, 5.74) is 5.16. The monoisotopic (exact) mass is 382 g/mol. The summed E-state index contributed by atoms with van der Waals surface area (Å²) in [6, 6.07) is 11.2. The number of nitrogens with zero attached hydrogens (tertiary/aromatic N) is 3. The number of para-hydroxylation sites is 2. The lowest BCUT2D eigenvalue weighted by Gasteiger charge is -2.12. The molecule has 1 aromatic heterocycles. The third kappa shape index (κ3) is 4.06. The quantitative estimate of drug-likeness (QED) is 0.471. The van der Waals surface area contributed by atoms with Crippen molar-refractivity contribution in [3.8, 4) is 23.1 Å². The summed E-state index contributed by atoms with van der Waals surface area (Å²) in [5.74, 6) is 2.44. The SMILES string of the molecule is CCOc1nc2ccccc2nc1N/N=C/c1cc(OC)c(OC)c(OC)c1. The van der Waals surface area contributed by atoms with Gasteiger partial charge in [-0.25, -0.2) is 9.97 Å². The zero-order valence-electron chi connectivity index (χ0n) is 16.2. The van der Waals surface area contributed by atoms with Crippen LogP contribution in [0, 0.1) is 0 Å². The first-order chi connectivity index (χ1) is 13.7. The first-order valence-electron chi connectivity index (χ1n) is 8.68. The van der Waals surface area contributed by atoms with E-state index in [2.05, 4.69) is 20.5 Å². The molecule has 1 heterocycles. The molecule has 1 N–H and O–H groups in total. The van der Waals surface area contributed by atoms with Gasteiger partial charge in [0.25, 0.3) is 5.88 Å². The molecule has 0 unspecified atom stereocenters. The molecule has 3 rings (SSSR count). The van der Waals surface area contributed by atoms with Crippen molar-refractivity contribution in [1.29, 1.82) is 0 Å². The van der Waals surface area contributed by atoms with Crippen LogP contribution in [-0.4, -0.2) is 44.1 Å². The largest absolute Gasteiger partial charge is 0.493 e. The molecular formula is C20H22N4O4. The third-order valence-corrected chi connectivity index (χ3v) is 3.89. The summed E-state index contributed by atoms with van der Waals surface area (Å²) in [4.78, 5) is 9.03. The Morgan fingerprint density at radius 2 is 1.61 bits per heavy atom. The van der Waals surface area contributed by atoms with Gasteiger partial charge in [0.15, 0.2) is 11.5 Å². The predicted octanol–water partition coefficient (Wildman–Crippen LogP) is 3.50. The van der Waals surface area contributed by atoms with Crippen molar-refractivity contribution in [3.63, 3.8) is 0 Å². The Balaban J connectivity index is 1.89. The number of rotatable bonds is 8. The third-order valence-electron chi connectivity index (χ3n) is 3.89. The molecule has 0 bridgehead atoms. The van der Waals surface area contributed by atoms with E-state index in [1.165, 1.54) is 0 Å². The second-order valence-corrected chi connectivity index (χ2v) is 5.63. The molecule has 0 saturated heterocycles. The maximum Gasteiger partial charge on any atom is 0.259 e. The van der Waals surface area contributed by atoms with Crippen LogP contribution in [0.2, 0.25) is 0 Å². The normalized spacial score (nSPS) is 10.9. The van der Waals surface area contributed by atoms with E-state index in [4.69, 9.17) is 18.9 Å². The molecule has 146 valence electrons. The van der Waals surface area contributed by atoms with Crippen molar-refractivity contribution in [2.45, 2.75) is 6.92 Å². The highest BCUT2D eigenvalue weighted by atomic mass is 16.5. The molecule has 0 aliphatic heterocycles. The number of fused-ring (bicyclic) bond motifs is 1. The van der Waals surface area contributed by atoms with Gasteiger partial charge in [-0.05, 0) is 31.2 Å². The molecule has 0 spiro atoms. The molecule has 8 nitrogen and oxygen atoms in total. The number of ether oxygens (including phenoxy) is 4. The van der Waals surface area contributed by atoms with E-state index in [-0.39, 0.29) is 0 Å². The fourth-order valence-corrected chi connectivity index (χ4v) is 2.64. The fraction of sp³-hybridized carbons (Fsp3) is 0.250. The van der Waals surface area contributed by atoms with Crippen LogP contribution in [-0.2, 0) is 0 Å². The summed E-state index contributed by atoms with van der Waals surface area (Å²) < 4.78 is 21.6. The van der Waals surface area contributed by atoms with Crippen LogP contribution >= 0.6 is 0 Å². The molecule has 0 aliphatic carbocycles. The molecule has 0 saturated carbocycles. The maximum atomic E-state index is 5.58. The Hall–Kier alpha value is -3.55. The molecular weight excluding hydrogens is 360 g/mol. The second-order valence-electron chi connectivity index (χ2n) is 5.63. The maximum absolute atomic E-state index is 5.58. The van der Waals surface area contributed by atoms with Gasteiger partial charge in [-0.3, -0.25) is 5.43 Å². The summed E-state index contributed by atoms with van der Waals surface area (Å²) in [7, 11) is 4.69.